The Hall–Kier alpha value is -2.53. The molecule has 2 atom stereocenters. The van der Waals surface area contributed by atoms with Crippen molar-refractivity contribution in [2.24, 2.45) is 5.92 Å². The number of β-lactam (4-membered cyclic amide) rings is 1. The Morgan fingerprint density at radius 1 is 1.38 bits per heavy atom. The molecule has 1 unspecified atom stereocenters. The molecule has 1 aliphatic heterocycles. The minimum Gasteiger partial charge on any atom is -0.480 e. The molecule has 0 radical (unpaired) electrons. The number of nitro benzene ring substituents is 1. The molecule has 1 N–H and O–H groups in total. The number of hydrogen-bond acceptors (Lipinski definition) is 6. The normalized spacial score (nSPS) is 18.7. The van der Waals surface area contributed by atoms with Crippen LogP contribution in [0.15, 0.2) is 29.2 Å². The summed E-state index contributed by atoms with van der Waals surface area (Å²) >= 11 is 0. The van der Waals surface area contributed by atoms with Crippen LogP contribution in [0.25, 0.3) is 0 Å². The largest absolute Gasteiger partial charge is 0.480 e. The van der Waals surface area contributed by atoms with E-state index in [4.69, 9.17) is 0 Å². The van der Waals surface area contributed by atoms with Crippen molar-refractivity contribution in [3.63, 3.8) is 0 Å². The maximum atomic E-state index is 12.7. The molecule has 0 saturated carbocycles. The number of carbonyl (C=O) groups excluding carboxylic acids is 1. The summed E-state index contributed by atoms with van der Waals surface area (Å²) in [6.45, 7) is 3.20. The highest BCUT2D eigenvalue weighted by atomic mass is 32.2. The van der Waals surface area contributed by atoms with Crippen LogP contribution in [0.5, 0.6) is 0 Å². The zero-order chi connectivity index (χ0) is 19.8. The second-order valence-corrected chi connectivity index (χ2v) is 8.25. The zero-order valence-corrected chi connectivity index (χ0v) is 15.2. The number of rotatable bonds is 7. The van der Waals surface area contributed by atoms with Crippen LogP contribution in [-0.2, 0) is 19.6 Å². The van der Waals surface area contributed by atoms with Gasteiger partial charge in [-0.1, -0.05) is 26.0 Å². The van der Waals surface area contributed by atoms with Gasteiger partial charge in [0.05, 0.1) is 4.92 Å². The molecule has 1 saturated heterocycles. The van der Waals surface area contributed by atoms with Crippen molar-refractivity contribution in [2.75, 3.05) is 13.6 Å². The number of nitro groups is 1. The van der Waals surface area contributed by atoms with Crippen molar-refractivity contribution >= 4 is 27.6 Å². The highest BCUT2D eigenvalue weighted by molar-refractivity contribution is 7.89. The van der Waals surface area contributed by atoms with E-state index in [1.165, 1.54) is 12.1 Å². The van der Waals surface area contributed by atoms with E-state index >= 15 is 0 Å². The number of benzene rings is 1. The monoisotopic (exact) mass is 385 g/mol. The van der Waals surface area contributed by atoms with Gasteiger partial charge in [0.1, 0.15) is 12.1 Å². The predicted octanol–water partition coefficient (Wildman–Crippen LogP) is 0.535. The van der Waals surface area contributed by atoms with Gasteiger partial charge < -0.3 is 10.0 Å². The molecule has 26 heavy (non-hydrogen) atoms. The van der Waals surface area contributed by atoms with Crippen molar-refractivity contribution in [1.29, 1.82) is 0 Å². The summed E-state index contributed by atoms with van der Waals surface area (Å²) in [6, 6.07) is 2.70. The fourth-order valence-electron chi connectivity index (χ4n) is 2.88. The molecule has 142 valence electrons. The Balaban J connectivity index is 2.28. The van der Waals surface area contributed by atoms with Gasteiger partial charge in [0.25, 0.3) is 5.69 Å². The second kappa shape index (κ2) is 7.00. The third-order valence-corrected chi connectivity index (χ3v) is 6.23. The average molecular weight is 385 g/mol. The van der Waals surface area contributed by atoms with Crippen LogP contribution in [0.3, 0.4) is 0 Å². The topological polar surface area (TPSA) is 138 Å². The van der Waals surface area contributed by atoms with Gasteiger partial charge in [-0.15, -0.1) is 0 Å². The third-order valence-electron chi connectivity index (χ3n) is 4.32. The molecular formula is C15H19N3O7S. The number of carboxylic acid groups (broad SMARTS) is 1. The molecule has 10 nitrogen and oxygen atoms in total. The number of carbonyl (C=O) groups is 2. The lowest BCUT2D eigenvalue weighted by molar-refractivity contribution is -0.387. The minimum absolute atomic E-state index is 0.0929. The number of likely N-dealkylation sites (tertiary alicyclic amines) is 1. The van der Waals surface area contributed by atoms with E-state index < -0.39 is 49.5 Å². The first-order valence-corrected chi connectivity index (χ1v) is 9.19. The van der Waals surface area contributed by atoms with Crippen molar-refractivity contribution in [2.45, 2.75) is 30.8 Å². The van der Waals surface area contributed by atoms with Gasteiger partial charge in [-0.2, -0.15) is 4.31 Å². The predicted molar refractivity (Wildman–Crippen MR) is 89.8 cm³/mol. The third kappa shape index (κ3) is 3.27. The van der Waals surface area contributed by atoms with Crippen LogP contribution in [0.2, 0.25) is 0 Å². The van der Waals surface area contributed by atoms with Gasteiger partial charge in [0.15, 0.2) is 4.90 Å². The molecule has 1 aromatic carbocycles. The van der Waals surface area contributed by atoms with E-state index in [-0.39, 0.29) is 12.5 Å². The molecule has 1 aliphatic rings. The average Bonchev–Trinajstić information content (AvgIpc) is 2.56. The van der Waals surface area contributed by atoms with Crippen molar-refractivity contribution in [1.82, 2.24) is 9.21 Å². The lowest BCUT2D eigenvalue weighted by atomic mass is 9.96. The van der Waals surface area contributed by atoms with E-state index in [0.717, 1.165) is 28.4 Å². The SMILES string of the molecule is CC(C)[C@H](C(=O)O)N1CC(N(C)S(=O)(=O)c2ccccc2[N+](=O)[O-])C1=O. The quantitative estimate of drug-likeness (QED) is 0.410. The summed E-state index contributed by atoms with van der Waals surface area (Å²) in [5.74, 6) is -2.17. The Labute approximate surface area is 150 Å². The van der Waals surface area contributed by atoms with Crippen molar-refractivity contribution in [3.05, 3.63) is 34.4 Å². The Morgan fingerprint density at radius 3 is 2.42 bits per heavy atom. The van der Waals surface area contributed by atoms with Gasteiger partial charge in [-0.05, 0) is 12.0 Å². The highest BCUT2D eigenvalue weighted by Crippen LogP contribution is 2.30. The molecule has 1 aromatic rings. The first kappa shape index (κ1) is 19.8. The molecule has 0 aromatic heterocycles. The lowest BCUT2D eigenvalue weighted by Gasteiger charge is -2.45. The summed E-state index contributed by atoms with van der Waals surface area (Å²) in [4.78, 5) is 34.6. The fourth-order valence-corrected chi connectivity index (χ4v) is 4.34. The maximum absolute atomic E-state index is 12.7. The number of sulfonamides is 1. The van der Waals surface area contributed by atoms with Gasteiger partial charge in [0.2, 0.25) is 15.9 Å². The molecule has 11 heteroatoms. The number of carboxylic acids is 1. The number of aliphatic carboxylic acids is 1. The summed E-state index contributed by atoms with van der Waals surface area (Å²) < 4.78 is 26.2. The molecule has 1 heterocycles. The van der Waals surface area contributed by atoms with E-state index in [1.807, 2.05) is 0 Å². The molecule has 0 spiro atoms. The number of para-hydroxylation sites is 1. The van der Waals surface area contributed by atoms with Crippen molar-refractivity contribution < 1.29 is 28.0 Å². The molecule has 2 rings (SSSR count). The second-order valence-electron chi connectivity index (χ2n) is 6.28. The summed E-state index contributed by atoms with van der Waals surface area (Å²) in [6.07, 6.45) is 0. The smallest absolute Gasteiger partial charge is 0.326 e. The van der Waals surface area contributed by atoms with Crippen molar-refractivity contribution in [3.8, 4) is 0 Å². The molecule has 0 aliphatic carbocycles. The molecule has 1 fully saturated rings. The Kier molecular flexibility index (Phi) is 5.33. The van der Waals surface area contributed by atoms with Gasteiger partial charge in [0, 0.05) is 19.7 Å². The summed E-state index contributed by atoms with van der Waals surface area (Å²) in [5.41, 5.74) is -0.589. The standard InChI is InChI=1S/C15H19N3O7S/c1-9(2)13(15(20)21)17-8-11(14(17)19)16(3)26(24,25)12-7-5-4-6-10(12)18(22)23/h4-7,9,11,13H,8H2,1-3H3,(H,20,21)/t11?,13-/m1/s1. The number of hydrogen-bond donors (Lipinski definition) is 1. The van der Waals surface area contributed by atoms with E-state index in [2.05, 4.69) is 0 Å². The first-order valence-electron chi connectivity index (χ1n) is 7.75. The Morgan fingerprint density at radius 2 is 1.96 bits per heavy atom. The van der Waals surface area contributed by atoms with Gasteiger partial charge in [-0.3, -0.25) is 14.9 Å². The van der Waals surface area contributed by atoms with E-state index in [9.17, 15) is 33.2 Å². The first-order chi connectivity index (χ1) is 12.0. The van der Waals surface area contributed by atoms with Crippen LogP contribution in [0, 0.1) is 16.0 Å². The number of amides is 1. The molecule has 0 bridgehead atoms. The van der Waals surface area contributed by atoms with Crippen LogP contribution in [0.4, 0.5) is 5.69 Å². The van der Waals surface area contributed by atoms with Crippen LogP contribution < -0.4 is 0 Å². The number of likely N-dealkylation sites (N-methyl/N-ethyl adjacent to an activating group) is 1. The molecule has 1 amide bonds. The van der Waals surface area contributed by atoms with Gasteiger partial charge >= 0.3 is 5.97 Å². The zero-order valence-electron chi connectivity index (χ0n) is 14.4. The Bertz CT molecular complexity index is 853. The fraction of sp³-hybridized carbons (Fsp3) is 0.467. The van der Waals surface area contributed by atoms with Crippen LogP contribution in [-0.4, -0.2) is 65.2 Å². The summed E-state index contributed by atoms with van der Waals surface area (Å²) in [7, 11) is -3.15. The lowest BCUT2D eigenvalue weighted by Crippen LogP contribution is -2.68. The molecular weight excluding hydrogens is 366 g/mol. The maximum Gasteiger partial charge on any atom is 0.326 e. The van der Waals surface area contributed by atoms with Crippen LogP contribution >= 0.6 is 0 Å². The highest BCUT2D eigenvalue weighted by Gasteiger charge is 2.49. The minimum atomic E-state index is -4.30. The van der Waals surface area contributed by atoms with Crippen LogP contribution in [0.1, 0.15) is 13.8 Å². The van der Waals surface area contributed by atoms with Gasteiger partial charge in [-0.25, -0.2) is 13.2 Å². The number of nitrogens with zero attached hydrogens (tertiary/aromatic N) is 3. The van der Waals surface area contributed by atoms with E-state index in [0.29, 0.717) is 0 Å². The summed E-state index contributed by atoms with van der Waals surface area (Å²) in [5, 5.41) is 20.3. The van der Waals surface area contributed by atoms with E-state index in [1.54, 1.807) is 13.8 Å².